The van der Waals surface area contributed by atoms with Crippen molar-refractivity contribution in [2.24, 2.45) is 0 Å². The Hall–Kier alpha value is -1.59. The second-order valence-electron chi connectivity index (χ2n) is 5.59. The number of ether oxygens (including phenoxy) is 1. The number of nitrogens with zero attached hydrogens (tertiary/aromatic N) is 1. The fourth-order valence-electron chi connectivity index (χ4n) is 2.35. The van der Waals surface area contributed by atoms with Gasteiger partial charge in [-0.25, -0.2) is 0 Å². The van der Waals surface area contributed by atoms with Crippen molar-refractivity contribution in [1.29, 1.82) is 0 Å². The van der Waals surface area contributed by atoms with Crippen LogP contribution >= 0.6 is 0 Å². The minimum Gasteiger partial charge on any atom is -0.378 e. The van der Waals surface area contributed by atoms with Crippen molar-refractivity contribution in [3.63, 3.8) is 0 Å². The molecule has 0 aliphatic carbocycles. The number of morpholine rings is 1. The molecule has 1 aliphatic rings. The van der Waals surface area contributed by atoms with Gasteiger partial charge in [-0.2, -0.15) is 0 Å². The number of rotatable bonds is 6. The lowest BCUT2D eigenvalue weighted by molar-refractivity contribution is -0.122. The molecule has 1 aromatic carbocycles. The molecule has 0 radical (unpaired) electrons. The Labute approximate surface area is 126 Å². The molecule has 5 nitrogen and oxygen atoms in total. The molecule has 1 aliphatic heterocycles. The predicted octanol–water partition coefficient (Wildman–Crippen LogP) is 0.790. The highest BCUT2D eigenvalue weighted by atomic mass is 16.5. The van der Waals surface area contributed by atoms with Crippen LogP contribution in [0.5, 0.6) is 0 Å². The van der Waals surface area contributed by atoms with Crippen LogP contribution in [-0.2, 0) is 16.0 Å². The molecule has 0 unspecified atom stereocenters. The van der Waals surface area contributed by atoms with Crippen molar-refractivity contribution in [3.8, 4) is 0 Å². The highest BCUT2D eigenvalue weighted by Gasteiger charge is 2.16. The first kappa shape index (κ1) is 15.8. The van der Waals surface area contributed by atoms with E-state index in [2.05, 4.69) is 39.8 Å². The maximum Gasteiger partial charge on any atom is 0.221 e. The van der Waals surface area contributed by atoms with Crippen LogP contribution in [-0.4, -0.2) is 52.3 Å². The summed E-state index contributed by atoms with van der Waals surface area (Å²) in [6.07, 6.45) is 1.34. The Bertz CT molecular complexity index is 439. The van der Waals surface area contributed by atoms with Crippen LogP contribution in [0.4, 0.5) is 5.69 Å². The van der Waals surface area contributed by atoms with Crippen LogP contribution in [0.2, 0.25) is 0 Å². The largest absolute Gasteiger partial charge is 0.378 e. The smallest absolute Gasteiger partial charge is 0.221 e. The molecule has 116 valence electrons. The van der Waals surface area contributed by atoms with Gasteiger partial charge in [-0.1, -0.05) is 12.1 Å². The van der Waals surface area contributed by atoms with E-state index in [1.54, 1.807) is 0 Å². The summed E-state index contributed by atoms with van der Waals surface area (Å²) >= 11 is 0. The molecule has 1 amide bonds. The Morgan fingerprint density at radius 1 is 1.38 bits per heavy atom. The predicted molar refractivity (Wildman–Crippen MR) is 84.7 cm³/mol. The van der Waals surface area contributed by atoms with Gasteiger partial charge in [0, 0.05) is 45.3 Å². The Kier molecular flexibility index (Phi) is 6.02. The number of amides is 1. The summed E-state index contributed by atoms with van der Waals surface area (Å²) in [6, 6.07) is 8.56. The lowest BCUT2D eigenvalue weighted by atomic mass is 10.1. The summed E-state index contributed by atoms with van der Waals surface area (Å²) in [7, 11) is 4.05. The minimum atomic E-state index is 0.0860. The topological polar surface area (TPSA) is 53.6 Å². The van der Waals surface area contributed by atoms with Crippen molar-refractivity contribution in [3.05, 3.63) is 29.8 Å². The van der Waals surface area contributed by atoms with Crippen molar-refractivity contribution < 1.29 is 9.53 Å². The molecule has 0 spiro atoms. The van der Waals surface area contributed by atoms with E-state index in [-0.39, 0.29) is 11.9 Å². The van der Waals surface area contributed by atoms with Crippen molar-refractivity contribution in [2.45, 2.75) is 18.9 Å². The summed E-state index contributed by atoms with van der Waals surface area (Å²) in [5, 5.41) is 6.26. The Balaban J connectivity index is 1.67. The monoisotopic (exact) mass is 291 g/mol. The third-order valence-electron chi connectivity index (χ3n) is 3.62. The van der Waals surface area contributed by atoms with Gasteiger partial charge in [0.2, 0.25) is 5.91 Å². The van der Waals surface area contributed by atoms with Crippen LogP contribution in [0.3, 0.4) is 0 Å². The normalized spacial score (nSPS) is 18.3. The summed E-state index contributed by atoms with van der Waals surface area (Å²) in [5.41, 5.74) is 2.42. The van der Waals surface area contributed by atoms with Crippen molar-refractivity contribution in [1.82, 2.24) is 10.6 Å². The molecule has 0 aromatic heterocycles. The molecule has 2 rings (SSSR count). The van der Waals surface area contributed by atoms with Gasteiger partial charge in [0.1, 0.15) is 0 Å². The summed E-state index contributed by atoms with van der Waals surface area (Å²) in [6.45, 7) is 2.87. The SMILES string of the molecule is CN(C)c1ccc(CCNC(=O)C[C@@H]2COCCN2)cc1. The van der Waals surface area contributed by atoms with Gasteiger partial charge in [-0.15, -0.1) is 0 Å². The molecule has 1 heterocycles. The number of carbonyl (C=O) groups is 1. The molecule has 5 heteroatoms. The highest BCUT2D eigenvalue weighted by molar-refractivity contribution is 5.76. The van der Waals surface area contributed by atoms with Crippen LogP contribution < -0.4 is 15.5 Å². The Morgan fingerprint density at radius 2 is 2.14 bits per heavy atom. The van der Waals surface area contributed by atoms with E-state index >= 15 is 0 Å². The van der Waals surface area contributed by atoms with Gasteiger partial charge in [0.15, 0.2) is 0 Å². The molecule has 1 aromatic rings. The maximum atomic E-state index is 11.8. The number of carbonyl (C=O) groups excluding carboxylic acids is 1. The first-order chi connectivity index (χ1) is 10.1. The van der Waals surface area contributed by atoms with Crippen molar-refractivity contribution in [2.75, 3.05) is 45.3 Å². The van der Waals surface area contributed by atoms with E-state index < -0.39 is 0 Å². The number of hydrogen-bond acceptors (Lipinski definition) is 4. The van der Waals surface area contributed by atoms with Gasteiger partial charge < -0.3 is 20.3 Å². The summed E-state index contributed by atoms with van der Waals surface area (Å²) in [5.74, 6) is 0.0860. The lowest BCUT2D eigenvalue weighted by Crippen LogP contribution is -2.44. The quantitative estimate of drug-likeness (QED) is 0.814. The lowest BCUT2D eigenvalue weighted by Gasteiger charge is -2.23. The minimum absolute atomic E-state index is 0.0860. The molecule has 1 saturated heterocycles. The second-order valence-corrected chi connectivity index (χ2v) is 5.59. The molecular weight excluding hydrogens is 266 g/mol. The molecule has 1 fully saturated rings. The van der Waals surface area contributed by atoms with Gasteiger partial charge in [-0.3, -0.25) is 4.79 Å². The molecule has 2 N–H and O–H groups in total. The standard InChI is InChI=1S/C16H25N3O2/c1-19(2)15-5-3-13(4-6-15)7-8-18-16(20)11-14-12-21-10-9-17-14/h3-6,14,17H,7-12H2,1-2H3,(H,18,20)/t14-/m1/s1. The van der Waals surface area contributed by atoms with Gasteiger partial charge in [0.25, 0.3) is 0 Å². The van der Waals surface area contributed by atoms with Crippen LogP contribution in [0.25, 0.3) is 0 Å². The van der Waals surface area contributed by atoms with Crippen LogP contribution in [0.15, 0.2) is 24.3 Å². The average molecular weight is 291 g/mol. The maximum absolute atomic E-state index is 11.8. The fraction of sp³-hybridized carbons (Fsp3) is 0.562. The Morgan fingerprint density at radius 3 is 2.76 bits per heavy atom. The molecule has 1 atom stereocenters. The molecule has 0 bridgehead atoms. The fourth-order valence-corrected chi connectivity index (χ4v) is 2.35. The highest BCUT2D eigenvalue weighted by Crippen LogP contribution is 2.12. The van der Waals surface area contributed by atoms with E-state index in [0.29, 0.717) is 19.6 Å². The zero-order chi connectivity index (χ0) is 15.1. The van der Waals surface area contributed by atoms with E-state index in [1.807, 2.05) is 14.1 Å². The zero-order valence-corrected chi connectivity index (χ0v) is 12.9. The number of hydrogen-bond donors (Lipinski definition) is 2. The number of nitrogens with one attached hydrogen (secondary N) is 2. The van der Waals surface area contributed by atoms with E-state index in [0.717, 1.165) is 19.6 Å². The van der Waals surface area contributed by atoms with Gasteiger partial charge >= 0.3 is 0 Å². The molecule has 21 heavy (non-hydrogen) atoms. The van der Waals surface area contributed by atoms with Gasteiger partial charge in [0.05, 0.1) is 13.2 Å². The van der Waals surface area contributed by atoms with E-state index in [9.17, 15) is 4.79 Å². The summed E-state index contributed by atoms with van der Waals surface area (Å²) in [4.78, 5) is 13.9. The second kappa shape index (κ2) is 8.00. The summed E-state index contributed by atoms with van der Waals surface area (Å²) < 4.78 is 5.34. The van der Waals surface area contributed by atoms with E-state index in [4.69, 9.17) is 4.74 Å². The molecular formula is C16H25N3O2. The van der Waals surface area contributed by atoms with E-state index in [1.165, 1.54) is 11.3 Å². The third kappa shape index (κ3) is 5.36. The van der Waals surface area contributed by atoms with Gasteiger partial charge in [-0.05, 0) is 24.1 Å². The first-order valence-corrected chi connectivity index (χ1v) is 7.49. The zero-order valence-electron chi connectivity index (χ0n) is 12.9. The van der Waals surface area contributed by atoms with Crippen LogP contribution in [0.1, 0.15) is 12.0 Å². The number of anilines is 1. The molecule has 0 saturated carbocycles. The number of benzene rings is 1. The van der Waals surface area contributed by atoms with Crippen molar-refractivity contribution >= 4 is 11.6 Å². The third-order valence-corrected chi connectivity index (χ3v) is 3.62. The first-order valence-electron chi connectivity index (χ1n) is 7.49. The average Bonchev–Trinajstić information content (AvgIpc) is 2.49. The van der Waals surface area contributed by atoms with Crippen LogP contribution in [0, 0.1) is 0 Å².